The number of benzene rings is 1. The molecule has 0 aliphatic rings. The summed E-state index contributed by atoms with van der Waals surface area (Å²) in [6.07, 6.45) is 1.07. The maximum absolute atomic E-state index is 13.2. The van der Waals surface area contributed by atoms with Gasteiger partial charge in [-0.15, -0.1) is 0 Å². The minimum Gasteiger partial charge on any atom is -0.372 e. The van der Waals surface area contributed by atoms with Crippen LogP contribution in [0.15, 0.2) is 22.7 Å². The summed E-state index contributed by atoms with van der Waals surface area (Å²) in [5.74, 6) is -0.197. The van der Waals surface area contributed by atoms with Gasteiger partial charge in [0, 0.05) is 18.8 Å². The van der Waals surface area contributed by atoms with E-state index in [2.05, 4.69) is 34.7 Å². The second kappa shape index (κ2) is 5.35. The zero-order chi connectivity index (χ0) is 10.6. The van der Waals surface area contributed by atoms with E-state index in [1.165, 1.54) is 0 Å². The van der Waals surface area contributed by atoms with Gasteiger partial charge in [0.1, 0.15) is 5.82 Å². The minimum absolute atomic E-state index is 0.197. The van der Waals surface area contributed by atoms with Gasteiger partial charge in [-0.3, -0.25) is 0 Å². The van der Waals surface area contributed by atoms with Crippen LogP contribution in [-0.4, -0.2) is 13.1 Å². The highest BCUT2D eigenvalue weighted by molar-refractivity contribution is 9.10. The van der Waals surface area contributed by atoms with Gasteiger partial charge < -0.3 is 4.90 Å². The predicted octanol–water partition coefficient (Wildman–Crippen LogP) is 3.82. The lowest BCUT2D eigenvalue weighted by Crippen LogP contribution is -2.23. The Labute approximate surface area is 93.0 Å². The molecule has 0 saturated heterocycles. The summed E-state index contributed by atoms with van der Waals surface area (Å²) in [5.41, 5.74) is 0.954. The lowest BCUT2D eigenvalue weighted by molar-refractivity contribution is 0.619. The average molecular weight is 260 g/mol. The topological polar surface area (TPSA) is 3.24 Å². The van der Waals surface area contributed by atoms with Crippen LogP contribution >= 0.6 is 15.9 Å². The molecule has 1 aromatic carbocycles. The highest BCUT2D eigenvalue weighted by Gasteiger charge is 2.05. The second-order valence-corrected chi connectivity index (χ2v) is 4.03. The lowest BCUT2D eigenvalue weighted by atomic mass is 10.2. The first kappa shape index (κ1) is 11.5. The van der Waals surface area contributed by atoms with Gasteiger partial charge in [0.25, 0.3) is 0 Å². The van der Waals surface area contributed by atoms with Crippen molar-refractivity contribution in [3.63, 3.8) is 0 Å². The Morgan fingerprint density at radius 1 is 1.36 bits per heavy atom. The Hall–Kier alpha value is -0.570. The van der Waals surface area contributed by atoms with Gasteiger partial charge in [0.15, 0.2) is 0 Å². The van der Waals surface area contributed by atoms with E-state index in [0.717, 1.165) is 25.2 Å². The van der Waals surface area contributed by atoms with Gasteiger partial charge in [-0.05, 0) is 47.5 Å². The van der Waals surface area contributed by atoms with Crippen molar-refractivity contribution in [2.24, 2.45) is 0 Å². The molecule has 3 heteroatoms. The molecular weight excluding hydrogens is 245 g/mol. The third-order valence-electron chi connectivity index (χ3n) is 2.14. The molecule has 1 nitrogen and oxygen atoms in total. The third-order valence-corrected chi connectivity index (χ3v) is 2.79. The number of hydrogen-bond acceptors (Lipinski definition) is 1. The molecule has 1 rings (SSSR count). The van der Waals surface area contributed by atoms with Crippen molar-refractivity contribution in [3.8, 4) is 0 Å². The van der Waals surface area contributed by atoms with Crippen molar-refractivity contribution in [1.82, 2.24) is 0 Å². The smallest absolute Gasteiger partial charge is 0.139 e. The maximum Gasteiger partial charge on any atom is 0.139 e. The van der Waals surface area contributed by atoms with E-state index in [1.807, 2.05) is 6.07 Å². The molecule has 0 aliphatic heterocycles. The monoisotopic (exact) mass is 259 g/mol. The molecular formula is C11H15BrFN. The van der Waals surface area contributed by atoms with Crippen LogP contribution in [0.2, 0.25) is 0 Å². The van der Waals surface area contributed by atoms with Gasteiger partial charge in [-0.2, -0.15) is 0 Å². The fraction of sp³-hybridized carbons (Fsp3) is 0.455. The fourth-order valence-corrected chi connectivity index (χ4v) is 1.67. The predicted molar refractivity (Wildman–Crippen MR) is 62.3 cm³/mol. The summed E-state index contributed by atoms with van der Waals surface area (Å²) in [7, 11) is 0. The second-order valence-electron chi connectivity index (χ2n) is 3.18. The molecule has 78 valence electrons. The first-order valence-corrected chi connectivity index (χ1v) is 5.68. The summed E-state index contributed by atoms with van der Waals surface area (Å²) in [4.78, 5) is 2.16. The molecule has 0 N–H and O–H groups in total. The highest BCUT2D eigenvalue weighted by Crippen LogP contribution is 2.22. The first-order valence-electron chi connectivity index (χ1n) is 4.89. The molecule has 0 saturated carbocycles. The maximum atomic E-state index is 13.2. The summed E-state index contributed by atoms with van der Waals surface area (Å²) in [6.45, 7) is 6.08. The zero-order valence-corrected chi connectivity index (χ0v) is 10.1. The molecule has 0 bridgehead atoms. The summed E-state index contributed by atoms with van der Waals surface area (Å²) >= 11 is 3.15. The van der Waals surface area contributed by atoms with Crippen molar-refractivity contribution in [2.75, 3.05) is 18.0 Å². The third kappa shape index (κ3) is 2.71. The molecule has 0 heterocycles. The summed E-state index contributed by atoms with van der Waals surface area (Å²) in [5, 5.41) is 0. The van der Waals surface area contributed by atoms with Crippen molar-refractivity contribution in [2.45, 2.75) is 20.3 Å². The van der Waals surface area contributed by atoms with E-state index in [1.54, 1.807) is 12.1 Å². The molecule has 14 heavy (non-hydrogen) atoms. The Bertz CT molecular complexity index is 301. The number of hydrogen-bond donors (Lipinski definition) is 0. The van der Waals surface area contributed by atoms with E-state index in [9.17, 15) is 4.39 Å². The van der Waals surface area contributed by atoms with Crippen LogP contribution in [0.1, 0.15) is 20.3 Å². The Kier molecular flexibility index (Phi) is 4.39. The van der Waals surface area contributed by atoms with Crippen LogP contribution in [0.4, 0.5) is 10.1 Å². The normalized spacial score (nSPS) is 10.3. The zero-order valence-electron chi connectivity index (χ0n) is 8.56. The highest BCUT2D eigenvalue weighted by atomic mass is 79.9. The van der Waals surface area contributed by atoms with Crippen LogP contribution in [0, 0.1) is 5.82 Å². The number of halogens is 2. The summed E-state index contributed by atoms with van der Waals surface area (Å²) < 4.78 is 13.8. The molecule has 0 fully saturated rings. The molecule has 0 atom stereocenters. The van der Waals surface area contributed by atoms with E-state index < -0.39 is 0 Å². The molecule has 0 aliphatic carbocycles. The Balaban J connectivity index is 2.88. The summed E-state index contributed by atoms with van der Waals surface area (Å²) in [6, 6.07) is 5.26. The Morgan fingerprint density at radius 2 is 2.07 bits per heavy atom. The molecule has 1 aromatic rings. The largest absolute Gasteiger partial charge is 0.372 e. The van der Waals surface area contributed by atoms with E-state index in [-0.39, 0.29) is 5.82 Å². The van der Waals surface area contributed by atoms with E-state index in [4.69, 9.17) is 0 Å². The van der Waals surface area contributed by atoms with Gasteiger partial charge >= 0.3 is 0 Å². The van der Waals surface area contributed by atoms with Gasteiger partial charge in [-0.25, -0.2) is 4.39 Å². The van der Waals surface area contributed by atoms with Gasteiger partial charge in [0.05, 0.1) is 4.47 Å². The van der Waals surface area contributed by atoms with Crippen LogP contribution in [0.5, 0.6) is 0 Å². The molecule has 0 aromatic heterocycles. The van der Waals surface area contributed by atoms with Gasteiger partial charge in [-0.1, -0.05) is 6.92 Å². The molecule has 0 spiro atoms. The molecule has 0 radical (unpaired) electrons. The quantitative estimate of drug-likeness (QED) is 0.795. The average Bonchev–Trinajstić information content (AvgIpc) is 2.19. The van der Waals surface area contributed by atoms with Crippen LogP contribution in [0.25, 0.3) is 0 Å². The van der Waals surface area contributed by atoms with Crippen molar-refractivity contribution in [1.29, 1.82) is 0 Å². The minimum atomic E-state index is -0.197. The van der Waals surface area contributed by atoms with Crippen LogP contribution in [0.3, 0.4) is 0 Å². The van der Waals surface area contributed by atoms with Crippen LogP contribution in [-0.2, 0) is 0 Å². The number of anilines is 1. The van der Waals surface area contributed by atoms with E-state index >= 15 is 0 Å². The lowest BCUT2D eigenvalue weighted by Gasteiger charge is -2.22. The van der Waals surface area contributed by atoms with Gasteiger partial charge in [0.2, 0.25) is 0 Å². The molecule has 0 unspecified atom stereocenters. The van der Waals surface area contributed by atoms with Crippen molar-refractivity contribution >= 4 is 21.6 Å². The fourth-order valence-electron chi connectivity index (χ4n) is 1.42. The number of rotatable bonds is 4. The standard InChI is InChI=1S/C11H15BrFN/c1-3-7-14(4-2)9-5-6-10(12)11(13)8-9/h5-6,8H,3-4,7H2,1-2H3. The SMILES string of the molecule is CCCN(CC)c1ccc(Br)c(F)c1. The van der Waals surface area contributed by atoms with Crippen molar-refractivity contribution in [3.05, 3.63) is 28.5 Å². The Morgan fingerprint density at radius 3 is 2.57 bits per heavy atom. The van der Waals surface area contributed by atoms with Crippen molar-refractivity contribution < 1.29 is 4.39 Å². The number of nitrogens with zero attached hydrogens (tertiary/aromatic N) is 1. The van der Waals surface area contributed by atoms with E-state index in [0.29, 0.717) is 4.47 Å². The first-order chi connectivity index (χ1) is 6.69. The molecule has 0 amide bonds. The van der Waals surface area contributed by atoms with Crippen LogP contribution < -0.4 is 4.90 Å².